The first-order valence-electron chi connectivity index (χ1n) is 7.06. The summed E-state index contributed by atoms with van der Waals surface area (Å²) in [4.78, 5) is 22.9. The van der Waals surface area contributed by atoms with Crippen LogP contribution < -0.4 is 20.7 Å². The summed E-state index contributed by atoms with van der Waals surface area (Å²) in [6, 6.07) is 7.19. The number of ether oxygens (including phenoxy) is 1. The molecule has 1 aliphatic rings. The first-order chi connectivity index (χ1) is 10.1. The SMILES string of the molecule is COc1ccc(CC[C@@H](C)NC(=O)[C@H]2CNC(=O)N2)cc1. The van der Waals surface area contributed by atoms with Gasteiger partial charge in [0.05, 0.1) is 7.11 Å². The number of benzene rings is 1. The molecule has 2 atom stereocenters. The van der Waals surface area contributed by atoms with E-state index in [4.69, 9.17) is 4.74 Å². The fourth-order valence-electron chi connectivity index (χ4n) is 2.20. The highest BCUT2D eigenvalue weighted by Crippen LogP contribution is 2.13. The molecule has 2 rings (SSSR count). The van der Waals surface area contributed by atoms with E-state index in [0.717, 1.165) is 18.6 Å². The Bertz CT molecular complexity index is 501. The van der Waals surface area contributed by atoms with Crippen LogP contribution in [-0.2, 0) is 11.2 Å². The predicted molar refractivity (Wildman–Crippen MR) is 79.2 cm³/mol. The van der Waals surface area contributed by atoms with E-state index in [9.17, 15) is 9.59 Å². The Morgan fingerprint density at radius 3 is 2.71 bits per heavy atom. The number of carbonyl (C=O) groups is 2. The van der Waals surface area contributed by atoms with Gasteiger partial charge in [0.2, 0.25) is 5.91 Å². The van der Waals surface area contributed by atoms with E-state index < -0.39 is 6.04 Å². The van der Waals surface area contributed by atoms with Gasteiger partial charge in [0.25, 0.3) is 0 Å². The van der Waals surface area contributed by atoms with Crippen molar-refractivity contribution in [1.82, 2.24) is 16.0 Å². The average molecular weight is 291 g/mol. The van der Waals surface area contributed by atoms with Crippen LogP contribution in [0.15, 0.2) is 24.3 Å². The van der Waals surface area contributed by atoms with Crippen LogP contribution in [0.3, 0.4) is 0 Å². The highest BCUT2D eigenvalue weighted by atomic mass is 16.5. The number of nitrogens with one attached hydrogen (secondary N) is 3. The monoisotopic (exact) mass is 291 g/mol. The lowest BCUT2D eigenvalue weighted by Crippen LogP contribution is -2.46. The molecule has 1 aromatic rings. The maximum Gasteiger partial charge on any atom is 0.315 e. The molecular formula is C15H21N3O3. The van der Waals surface area contributed by atoms with Crippen molar-refractivity contribution in [3.63, 3.8) is 0 Å². The van der Waals surface area contributed by atoms with E-state index in [1.807, 2.05) is 31.2 Å². The number of aryl methyl sites for hydroxylation is 1. The van der Waals surface area contributed by atoms with Gasteiger partial charge in [-0.2, -0.15) is 0 Å². The normalized spacial score (nSPS) is 18.6. The lowest BCUT2D eigenvalue weighted by atomic mass is 10.1. The maximum absolute atomic E-state index is 11.9. The largest absolute Gasteiger partial charge is 0.497 e. The Morgan fingerprint density at radius 2 is 2.14 bits per heavy atom. The second-order valence-electron chi connectivity index (χ2n) is 5.20. The van der Waals surface area contributed by atoms with Gasteiger partial charge in [-0.3, -0.25) is 4.79 Å². The molecule has 0 aromatic heterocycles. The Hall–Kier alpha value is -2.24. The van der Waals surface area contributed by atoms with Gasteiger partial charge >= 0.3 is 6.03 Å². The molecule has 3 N–H and O–H groups in total. The molecule has 1 aliphatic heterocycles. The van der Waals surface area contributed by atoms with Crippen LogP contribution in [-0.4, -0.2) is 37.7 Å². The molecule has 1 saturated heterocycles. The van der Waals surface area contributed by atoms with Crippen LogP contribution in [0.2, 0.25) is 0 Å². The number of urea groups is 1. The van der Waals surface area contributed by atoms with Crippen LogP contribution in [0.4, 0.5) is 4.79 Å². The van der Waals surface area contributed by atoms with Crippen LogP contribution in [0.5, 0.6) is 5.75 Å². The third-order valence-electron chi connectivity index (χ3n) is 3.50. The fourth-order valence-corrected chi connectivity index (χ4v) is 2.20. The molecule has 1 heterocycles. The first kappa shape index (κ1) is 15.2. The summed E-state index contributed by atoms with van der Waals surface area (Å²) in [5.41, 5.74) is 1.20. The molecule has 3 amide bonds. The molecule has 6 heteroatoms. The van der Waals surface area contributed by atoms with Crippen molar-refractivity contribution in [3.8, 4) is 5.75 Å². The minimum atomic E-state index is -0.471. The van der Waals surface area contributed by atoms with Crippen molar-refractivity contribution in [3.05, 3.63) is 29.8 Å². The highest BCUT2D eigenvalue weighted by Gasteiger charge is 2.27. The topological polar surface area (TPSA) is 79.5 Å². The van der Waals surface area contributed by atoms with E-state index in [1.165, 1.54) is 5.56 Å². The summed E-state index contributed by atoms with van der Waals surface area (Å²) in [5, 5.41) is 8.06. The molecule has 0 radical (unpaired) electrons. The van der Waals surface area contributed by atoms with Crippen molar-refractivity contribution in [2.75, 3.05) is 13.7 Å². The molecule has 0 spiro atoms. The molecule has 1 fully saturated rings. The first-order valence-corrected chi connectivity index (χ1v) is 7.06. The minimum Gasteiger partial charge on any atom is -0.497 e. The summed E-state index contributed by atoms with van der Waals surface area (Å²) < 4.78 is 5.12. The summed E-state index contributed by atoms with van der Waals surface area (Å²) in [6.07, 6.45) is 1.72. The quantitative estimate of drug-likeness (QED) is 0.726. The van der Waals surface area contributed by atoms with E-state index in [2.05, 4.69) is 16.0 Å². The smallest absolute Gasteiger partial charge is 0.315 e. The molecule has 0 bridgehead atoms. The van der Waals surface area contributed by atoms with Crippen LogP contribution in [0.1, 0.15) is 18.9 Å². The lowest BCUT2D eigenvalue weighted by Gasteiger charge is -2.16. The highest BCUT2D eigenvalue weighted by molar-refractivity contribution is 5.90. The fraction of sp³-hybridized carbons (Fsp3) is 0.467. The lowest BCUT2D eigenvalue weighted by molar-refractivity contribution is -0.123. The minimum absolute atomic E-state index is 0.0529. The number of methoxy groups -OCH3 is 1. The Labute approximate surface area is 124 Å². The Kier molecular flexibility index (Phi) is 5.03. The molecule has 0 unspecified atom stereocenters. The van der Waals surface area contributed by atoms with E-state index in [0.29, 0.717) is 6.54 Å². The third-order valence-corrected chi connectivity index (χ3v) is 3.50. The van der Waals surface area contributed by atoms with Gasteiger partial charge in [0.15, 0.2) is 0 Å². The van der Waals surface area contributed by atoms with Crippen LogP contribution in [0, 0.1) is 0 Å². The number of hydrogen-bond acceptors (Lipinski definition) is 3. The van der Waals surface area contributed by atoms with Crippen LogP contribution >= 0.6 is 0 Å². The van der Waals surface area contributed by atoms with Gasteiger partial charge in [0.1, 0.15) is 11.8 Å². The zero-order chi connectivity index (χ0) is 15.2. The molecule has 1 aromatic carbocycles. The third kappa shape index (κ3) is 4.37. The van der Waals surface area contributed by atoms with Crippen molar-refractivity contribution in [2.24, 2.45) is 0 Å². The molecule has 0 saturated carbocycles. The van der Waals surface area contributed by atoms with Crippen molar-refractivity contribution >= 4 is 11.9 Å². The maximum atomic E-state index is 11.9. The number of rotatable bonds is 6. The standard InChI is InChI=1S/C15H21N3O3/c1-10(17-14(19)13-9-16-15(20)18-13)3-4-11-5-7-12(21-2)8-6-11/h5-8,10,13H,3-4,9H2,1-2H3,(H,17,19)(H2,16,18,20)/t10-,13-/m1/s1. The van der Waals surface area contributed by atoms with Gasteiger partial charge < -0.3 is 20.7 Å². The van der Waals surface area contributed by atoms with Crippen molar-refractivity contribution < 1.29 is 14.3 Å². The summed E-state index contributed by atoms with van der Waals surface area (Å²) in [7, 11) is 1.64. The molecule has 114 valence electrons. The van der Waals surface area contributed by atoms with Gasteiger partial charge in [-0.15, -0.1) is 0 Å². The van der Waals surface area contributed by atoms with E-state index in [-0.39, 0.29) is 18.0 Å². The van der Waals surface area contributed by atoms with Gasteiger partial charge in [0, 0.05) is 12.6 Å². The number of hydrogen-bond donors (Lipinski definition) is 3. The van der Waals surface area contributed by atoms with Crippen molar-refractivity contribution in [2.45, 2.75) is 31.8 Å². The summed E-state index contributed by atoms with van der Waals surface area (Å²) >= 11 is 0. The second kappa shape index (κ2) is 6.97. The number of carbonyl (C=O) groups excluding carboxylic acids is 2. The molecule has 21 heavy (non-hydrogen) atoms. The second-order valence-corrected chi connectivity index (χ2v) is 5.20. The summed E-state index contributed by atoms with van der Waals surface area (Å²) in [6.45, 7) is 2.31. The number of amides is 3. The predicted octanol–water partition coefficient (Wildman–Crippen LogP) is 0.814. The van der Waals surface area contributed by atoms with Crippen LogP contribution in [0.25, 0.3) is 0 Å². The Morgan fingerprint density at radius 1 is 1.43 bits per heavy atom. The van der Waals surface area contributed by atoms with Gasteiger partial charge in [-0.05, 0) is 37.5 Å². The molecule has 6 nitrogen and oxygen atoms in total. The molecular weight excluding hydrogens is 270 g/mol. The zero-order valence-corrected chi connectivity index (χ0v) is 12.3. The van der Waals surface area contributed by atoms with Crippen molar-refractivity contribution in [1.29, 1.82) is 0 Å². The van der Waals surface area contributed by atoms with Gasteiger partial charge in [-0.25, -0.2) is 4.79 Å². The van der Waals surface area contributed by atoms with Gasteiger partial charge in [-0.1, -0.05) is 12.1 Å². The average Bonchev–Trinajstić information content (AvgIpc) is 2.92. The zero-order valence-electron chi connectivity index (χ0n) is 12.3. The van der Waals surface area contributed by atoms with E-state index >= 15 is 0 Å². The Balaban J connectivity index is 1.74. The molecule has 0 aliphatic carbocycles. The summed E-state index contributed by atoms with van der Waals surface area (Å²) in [5.74, 6) is 0.695. The van der Waals surface area contributed by atoms with E-state index in [1.54, 1.807) is 7.11 Å².